The van der Waals surface area contributed by atoms with Crippen molar-refractivity contribution >= 4 is 12.0 Å². The molecule has 2 aliphatic rings. The first kappa shape index (κ1) is 47.5. The summed E-state index contributed by atoms with van der Waals surface area (Å²) >= 11 is 0. The molecule has 2 heterocycles. The summed E-state index contributed by atoms with van der Waals surface area (Å²) in [5.41, 5.74) is 0.943. The number of nitrogens with zero attached hydrogens (tertiary/aromatic N) is 1. The van der Waals surface area contributed by atoms with E-state index in [-0.39, 0.29) is 119 Å². The van der Waals surface area contributed by atoms with Gasteiger partial charge in [-0.15, -0.1) is 0 Å². The summed E-state index contributed by atoms with van der Waals surface area (Å²) in [5.74, 6) is 0.705. The fourth-order valence-electron chi connectivity index (χ4n) is 5.98. The van der Waals surface area contributed by atoms with Crippen LogP contribution in [0.25, 0.3) is 0 Å². The maximum absolute atomic E-state index is 12.3. The molecule has 0 bridgehead atoms. The zero-order valence-corrected chi connectivity index (χ0v) is 32.6. The molecule has 0 aromatic rings. The van der Waals surface area contributed by atoms with Gasteiger partial charge in [-0.2, -0.15) is 6.42 Å². The van der Waals surface area contributed by atoms with Crippen LogP contribution in [0, 0.1) is 25.7 Å². The fraction of sp³-hybridized carbons (Fsp3) is 0.771. The predicted molar refractivity (Wildman–Crippen MR) is 176 cm³/mol. The van der Waals surface area contributed by atoms with E-state index in [2.05, 4.69) is 78.4 Å². The molecule has 0 radical (unpaired) electrons. The van der Waals surface area contributed by atoms with Crippen molar-refractivity contribution in [3.05, 3.63) is 37.6 Å². The van der Waals surface area contributed by atoms with Gasteiger partial charge in [-0.1, -0.05) is 45.5 Å². The number of carbonyl (C=O) groups excluding carboxylic acids is 2. The molecule has 46 heavy (non-hydrogen) atoms. The Bertz CT molecular complexity index is 894. The molecule has 2 fully saturated rings. The number of methoxy groups -OCH3 is 1. The van der Waals surface area contributed by atoms with Crippen molar-refractivity contribution in [2.75, 3.05) is 46.6 Å². The number of carbonyl (C=O) groups is 2. The molecule has 2 saturated heterocycles. The molecule has 264 valence electrons. The summed E-state index contributed by atoms with van der Waals surface area (Å²) < 4.78 is 29.0. The second-order valence-corrected chi connectivity index (χ2v) is 12.8. The molecule has 0 aliphatic carbocycles. The van der Waals surface area contributed by atoms with Crippen LogP contribution in [0.4, 0.5) is 4.79 Å². The minimum absolute atomic E-state index is 0. The molecule has 0 aromatic heterocycles. The number of likely N-dealkylation sites (tertiary alicyclic amines) is 1. The van der Waals surface area contributed by atoms with Gasteiger partial charge in [0.2, 0.25) is 5.91 Å². The maximum Gasteiger partial charge on any atom is 1.00 e. The van der Waals surface area contributed by atoms with E-state index in [4.69, 9.17) is 23.7 Å². The number of rotatable bonds is 18. The molecule has 11 heteroatoms. The monoisotopic (exact) mass is 756 g/mol. The summed E-state index contributed by atoms with van der Waals surface area (Å²) in [7, 11) is 1.74. The molecule has 0 aromatic carbocycles. The zero-order chi connectivity index (χ0) is 31.8. The number of allylic oxidation sites excluding steroid dienone is 3. The van der Waals surface area contributed by atoms with Crippen molar-refractivity contribution in [2.24, 2.45) is 11.8 Å². The Kier molecular flexibility index (Phi) is 26.2. The van der Waals surface area contributed by atoms with Gasteiger partial charge in [0, 0.05) is 20.1 Å². The van der Waals surface area contributed by atoms with Crippen molar-refractivity contribution in [3.8, 4) is 0 Å². The van der Waals surface area contributed by atoms with Crippen molar-refractivity contribution in [2.45, 2.75) is 117 Å². The average molecular weight is 757 g/mol. The first-order chi connectivity index (χ1) is 20.5. The number of hydrogen-bond donors (Lipinski definition) is 1. The van der Waals surface area contributed by atoms with Crippen LogP contribution in [-0.2, 0) is 28.5 Å². The van der Waals surface area contributed by atoms with Crippen molar-refractivity contribution < 1.29 is 76.1 Å². The number of halogens is 1. The zero-order valence-electron chi connectivity index (χ0n) is 30.4. The third kappa shape index (κ3) is 18.2. The number of amides is 2. The van der Waals surface area contributed by atoms with Crippen molar-refractivity contribution in [1.29, 1.82) is 0 Å². The molecule has 2 rings (SSSR count). The fourth-order valence-corrected chi connectivity index (χ4v) is 5.98. The molecule has 2 aliphatic heterocycles. The second kappa shape index (κ2) is 25.4. The SMILES string of the molecule is CC[C@H](OC)C(C)OC(C)(C)C[C@H](C)/C=C/C=C(\C)[C@H]1O[C@@H](CNC(=O)CCOCCOC(=O)N2C[CH-]CC2)CC[C@@H]1C.[CH3-].[I-].[Li+]. The van der Waals surface area contributed by atoms with Gasteiger partial charge in [-0.25, -0.2) is 4.79 Å². The molecule has 1 N–H and O–H groups in total. The number of hydrogen-bond acceptors (Lipinski definition) is 7. The standard InChI is InChI=1S/C34H59N2O7.CH3.HI.Li/c1-9-30(39-8)28(5)43-34(6,7)23-25(2)13-12-14-26(3)32-27(4)15-16-29(42-32)24-35-31(37)17-20-40-21-22-41-33(38)36-18-10-11-19-36;;;/h10,12-14,25,27-30,32H,9,11,15-24H2,1-8H3,(H,35,37);1H3;1H;/q2*-1;;+1/p-1/b13-12+,26-14+;;;/t25-,27+,28?,29-,30+,32-;;;/m1.../s1. The normalized spacial score (nSPS) is 22.2. The van der Waals surface area contributed by atoms with Crippen LogP contribution in [0.1, 0.15) is 87.0 Å². The quantitative estimate of drug-likeness (QED) is 0.0710. The van der Waals surface area contributed by atoms with E-state index < -0.39 is 0 Å². The summed E-state index contributed by atoms with van der Waals surface area (Å²) in [6, 6.07) is 0. The Morgan fingerprint density at radius 3 is 2.52 bits per heavy atom. The third-order valence-corrected chi connectivity index (χ3v) is 8.26. The predicted octanol–water partition coefficient (Wildman–Crippen LogP) is 0.335. The minimum atomic E-state index is -0.311. The molecule has 2 amide bonds. The van der Waals surface area contributed by atoms with Crippen LogP contribution in [0.5, 0.6) is 0 Å². The molecule has 9 nitrogen and oxygen atoms in total. The summed E-state index contributed by atoms with van der Waals surface area (Å²) in [6.45, 7) is 17.7. The molecule has 6 atom stereocenters. The van der Waals surface area contributed by atoms with Crippen LogP contribution < -0.4 is 48.2 Å². The van der Waals surface area contributed by atoms with Crippen molar-refractivity contribution in [3.63, 3.8) is 0 Å². The first-order valence-corrected chi connectivity index (χ1v) is 16.2. The Morgan fingerprint density at radius 1 is 1.17 bits per heavy atom. The van der Waals surface area contributed by atoms with Crippen LogP contribution in [-0.4, -0.2) is 93.5 Å². The van der Waals surface area contributed by atoms with E-state index in [1.54, 1.807) is 12.0 Å². The van der Waals surface area contributed by atoms with Gasteiger partial charge in [-0.3, -0.25) is 4.79 Å². The van der Waals surface area contributed by atoms with E-state index in [0.717, 1.165) is 32.1 Å². The van der Waals surface area contributed by atoms with Gasteiger partial charge in [0.05, 0.1) is 43.2 Å². The Balaban J connectivity index is 0. The van der Waals surface area contributed by atoms with Gasteiger partial charge in [-0.05, 0) is 77.3 Å². The second-order valence-electron chi connectivity index (χ2n) is 12.8. The Hall–Kier alpha value is -0.613. The van der Waals surface area contributed by atoms with E-state index in [1.165, 1.54) is 5.57 Å². The van der Waals surface area contributed by atoms with Gasteiger partial charge < -0.3 is 71.7 Å². The summed E-state index contributed by atoms with van der Waals surface area (Å²) in [6.07, 6.45) is 13.4. The molecular weight excluding hydrogens is 694 g/mol. The third-order valence-electron chi connectivity index (χ3n) is 8.26. The Morgan fingerprint density at radius 2 is 1.89 bits per heavy atom. The van der Waals surface area contributed by atoms with E-state index in [9.17, 15) is 9.59 Å². The van der Waals surface area contributed by atoms with E-state index in [1.807, 2.05) is 0 Å². The van der Waals surface area contributed by atoms with Gasteiger partial charge in [0.1, 0.15) is 6.61 Å². The van der Waals surface area contributed by atoms with E-state index >= 15 is 0 Å². The topological polar surface area (TPSA) is 95.6 Å². The van der Waals surface area contributed by atoms with Crippen LogP contribution in [0.2, 0.25) is 0 Å². The molecular formula is C35H62ILiN2O7-2. The smallest absolute Gasteiger partial charge is 1.00 e. The van der Waals surface area contributed by atoms with Crippen LogP contribution in [0.3, 0.4) is 0 Å². The number of ether oxygens (including phenoxy) is 5. The van der Waals surface area contributed by atoms with Gasteiger partial charge in [0.25, 0.3) is 0 Å². The molecule has 0 saturated carbocycles. The first-order valence-electron chi connectivity index (χ1n) is 16.2. The van der Waals surface area contributed by atoms with E-state index in [0.29, 0.717) is 31.5 Å². The van der Waals surface area contributed by atoms with Crippen LogP contribution >= 0.6 is 0 Å². The van der Waals surface area contributed by atoms with Gasteiger partial charge >= 0.3 is 25.0 Å². The summed E-state index contributed by atoms with van der Waals surface area (Å²) in [4.78, 5) is 25.8. The summed E-state index contributed by atoms with van der Waals surface area (Å²) in [5, 5.41) is 2.99. The molecule has 1 unspecified atom stereocenters. The maximum atomic E-state index is 12.3. The van der Waals surface area contributed by atoms with Crippen LogP contribution in [0.15, 0.2) is 23.8 Å². The minimum Gasteiger partial charge on any atom is -1.00 e. The Labute approximate surface area is 309 Å². The molecule has 0 spiro atoms. The largest absolute Gasteiger partial charge is 1.00 e. The van der Waals surface area contributed by atoms with Gasteiger partial charge in [0.15, 0.2) is 0 Å². The average Bonchev–Trinajstić information content (AvgIpc) is 3.49. The van der Waals surface area contributed by atoms with Crippen molar-refractivity contribution in [1.82, 2.24) is 10.2 Å². The number of nitrogens with one attached hydrogen (secondary N) is 1.